The number of carbonyl (C=O) groups excluding carboxylic acids is 1. The molecule has 2 aromatic rings. The van der Waals surface area contributed by atoms with Crippen LogP contribution in [0.25, 0.3) is 0 Å². The Balaban J connectivity index is 1.55. The van der Waals surface area contributed by atoms with Crippen molar-refractivity contribution in [2.45, 2.75) is 38.8 Å². The van der Waals surface area contributed by atoms with E-state index in [4.69, 9.17) is 0 Å². The van der Waals surface area contributed by atoms with Gasteiger partial charge in [-0.05, 0) is 19.1 Å². The Morgan fingerprint density at radius 3 is 3.00 bits per heavy atom. The summed E-state index contributed by atoms with van der Waals surface area (Å²) in [6, 6.07) is 4.39. The molecule has 0 saturated carbocycles. The first-order chi connectivity index (χ1) is 12.9. The number of nitrogens with one attached hydrogen (secondary N) is 1. The molecule has 144 valence electrons. The van der Waals surface area contributed by atoms with E-state index >= 15 is 0 Å². The van der Waals surface area contributed by atoms with Crippen molar-refractivity contribution < 1.29 is 4.79 Å². The number of hydrogen-bond donors (Lipinski definition) is 1. The second-order valence-corrected chi connectivity index (χ2v) is 8.35. The maximum absolute atomic E-state index is 13.1. The molecular weight excluding hydrogens is 340 g/mol. The highest BCUT2D eigenvalue weighted by Crippen LogP contribution is 2.40. The third-order valence-corrected chi connectivity index (χ3v) is 5.51. The standard InChI is InChI=1S/C20H28N6O/c1-15-11-24(8-6-21-15)13-19(27)26-14-20(2,3)17-10-22-16(9-18(17)26)12-25-7-4-5-23-25/h4-5,7,9-10,15,21H,6,8,11-14H2,1-3H3/t15-/m1/s1. The Morgan fingerprint density at radius 2 is 2.26 bits per heavy atom. The number of piperazine rings is 1. The topological polar surface area (TPSA) is 66.3 Å². The third kappa shape index (κ3) is 3.75. The molecule has 0 aliphatic carbocycles. The summed E-state index contributed by atoms with van der Waals surface area (Å²) >= 11 is 0. The molecule has 1 amide bonds. The van der Waals surface area contributed by atoms with Gasteiger partial charge in [0.1, 0.15) is 0 Å². The lowest BCUT2D eigenvalue weighted by Crippen LogP contribution is -2.52. The minimum absolute atomic E-state index is 0.0844. The molecule has 2 aliphatic rings. The summed E-state index contributed by atoms with van der Waals surface area (Å²) in [6.07, 6.45) is 5.63. The van der Waals surface area contributed by atoms with Crippen LogP contribution in [0.4, 0.5) is 5.69 Å². The molecule has 4 heterocycles. The molecule has 0 spiro atoms. The lowest BCUT2D eigenvalue weighted by atomic mass is 9.88. The number of rotatable bonds is 4. The van der Waals surface area contributed by atoms with Crippen molar-refractivity contribution in [3.63, 3.8) is 0 Å². The molecule has 0 bridgehead atoms. The predicted octanol–water partition coefficient (Wildman–Crippen LogP) is 1.24. The van der Waals surface area contributed by atoms with Gasteiger partial charge in [0.15, 0.2) is 0 Å². The lowest BCUT2D eigenvalue weighted by Gasteiger charge is -2.32. The van der Waals surface area contributed by atoms with Crippen LogP contribution in [-0.2, 0) is 16.8 Å². The summed E-state index contributed by atoms with van der Waals surface area (Å²) in [4.78, 5) is 22.0. The molecule has 27 heavy (non-hydrogen) atoms. The maximum Gasteiger partial charge on any atom is 0.241 e. The minimum Gasteiger partial charge on any atom is -0.312 e. The average Bonchev–Trinajstić information content (AvgIpc) is 3.21. The molecule has 7 nitrogen and oxygen atoms in total. The first kappa shape index (κ1) is 18.1. The average molecular weight is 368 g/mol. The molecular formula is C20H28N6O. The van der Waals surface area contributed by atoms with Gasteiger partial charge < -0.3 is 10.2 Å². The Morgan fingerprint density at radius 1 is 1.41 bits per heavy atom. The third-order valence-electron chi connectivity index (χ3n) is 5.51. The Hall–Kier alpha value is -2.25. The molecule has 7 heteroatoms. The van der Waals surface area contributed by atoms with Crippen LogP contribution in [0, 0.1) is 0 Å². The number of anilines is 1. The Labute approximate surface area is 160 Å². The van der Waals surface area contributed by atoms with Crippen LogP contribution in [0.5, 0.6) is 0 Å². The van der Waals surface area contributed by atoms with Gasteiger partial charge in [0.05, 0.1) is 24.5 Å². The summed E-state index contributed by atoms with van der Waals surface area (Å²) in [5.74, 6) is 0.173. The second kappa shape index (κ2) is 7.05. The molecule has 1 atom stereocenters. The van der Waals surface area contributed by atoms with E-state index in [9.17, 15) is 4.79 Å². The first-order valence-electron chi connectivity index (χ1n) is 9.65. The Kier molecular flexibility index (Phi) is 4.74. The monoisotopic (exact) mass is 368 g/mol. The lowest BCUT2D eigenvalue weighted by molar-refractivity contribution is -0.120. The first-order valence-corrected chi connectivity index (χ1v) is 9.65. The van der Waals surface area contributed by atoms with Crippen LogP contribution >= 0.6 is 0 Å². The molecule has 1 saturated heterocycles. The van der Waals surface area contributed by atoms with E-state index in [1.807, 2.05) is 28.0 Å². The van der Waals surface area contributed by atoms with Gasteiger partial charge in [-0.3, -0.25) is 19.4 Å². The van der Waals surface area contributed by atoms with Crippen LogP contribution in [0.2, 0.25) is 0 Å². The van der Waals surface area contributed by atoms with E-state index in [1.165, 1.54) is 0 Å². The summed E-state index contributed by atoms with van der Waals surface area (Å²) in [5, 5.41) is 7.68. The summed E-state index contributed by atoms with van der Waals surface area (Å²) < 4.78 is 1.85. The van der Waals surface area contributed by atoms with Crippen molar-refractivity contribution in [3.8, 4) is 0 Å². The van der Waals surface area contributed by atoms with Crippen LogP contribution in [0.3, 0.4) is 0 Å². The highest BCUT2D eigenvalue weighted by atomic mass is 16.2. The smallest absolute Gasteiger partial charge is 0.241 e. The molecule has 4 rings (SSSR count). The number of nitrogens with zero attached hydrogens (tertiary/aromatic N) is 5. The molecule has 2 aromatic heterocycles. The van der Waals surface area contributed by atoms with E-state index < -0.39 is 0 Å². The van der Waals surface area contributed by atoms with Crippen molar-refractivity contribution in [1.29, 1.82) is 0 Å². The highest BCUT2D eigenvalue weighted by molar-refractivity contribution is 5.97. The van der Waals surface area contributed by atoms with Gasteiger partial charge >= 0.3 is 0 Å². The van der Waals surface area contributed by atoms with Gasteiger partial charge in [0.25, 0.3) is 0 Å². The van der Waals surface area contributed by atoms with Gasteiger partial charge in [-0.25, -0.2) is 0 Å². The van der Waals surface area contributed by atoms with Crippen molar-refractivity contribution >= 4 is 11.6 Å². The van der Waals surface area contributed by atoms with Gasteiger partial charge in [0, 0.05) is 61.8 Å². The van der Waals surface area contributed by atoms with E-state index in [0.717, 1.165) is 36.6 Å². The van der Waals surface area contributed by atoms with Crippen LogP contribution in [0.15, 0.2) is 30.7 Å². The molecule has 1 fully saturated rings. The number of fused-ring (bicyclic) bond motifs is 1. The number of hydrogen-bond acceptors (Lipinski definition) is 5. The van der Waals surface area contributed by atoms with E-state index in [1.54, 1.807) is 6.20 Å². The summed E-state index contributed by atoms with van der Waals surface area (Å²) in [7, 11) is 0. The number of amides is 1. The van der Waals surface area contributed by atoms with E-state index in [2.05, 4.69) is 47.1 Å². The molecule has 2 aliphatic heterocycles. The zero-order valence-electron chi connectivity index (χ0n) is 16.4. The number of aromatic nitrogens is 3. The normalized spacial score (nSPS) is 22.0. The van der Waals surface area contributed by atoms with Crippen molar-refractivity contribution in [1.82, 2.24) is 25.0 Å². The second-order valence-electron chi connectivity index (χ2n) is 8.35. The van der Waals surface area contributed by atoms with Gasteiger partial charge in [-0.15, -0.1) is 0 Å². The molecule has 0 unspecified atom stereocenters. The van der Waals surface area contributed by atoms with E-state index in [0.29, 0.717) is 25.7 Å². The van der Waals surface area contributed by atoms with Crippen molar-refractivity contribution in [2.24, 2.45) is 0 Å². The van der Waals surface area contributed by atoms with Gasteiger partial charge in [-0.1, -0.05) is 13.8 Å². The summed E-state index contributed by atoms with van der Waals surface area (Å²) in [6.45, 7) is 11.1. The van der Waals surface area contributed by atoms with Crippen molar-refractivity contribution in [2.75, 3.05) is 37.6 Å². The molecule has 0 aromatic carbocycles. The zero-order chi connectivity index (χ0) is 19.0. The predicted molar refractivity (Wildman–Crippen MR) is 105 cm³/mol. The quantitative estimate of drug-likeness (QED) is 0.880. The summed E-state index contributed by atoms with van der Waals surface area (Å²) in [5.41, 5.74) is 2.99. The van der Waals surface area contributed by atoms with Crippen molar-refractivity contribution in [3.05, 3.63) is 42.0 Å². The largest absolute Gasteiger partial charge is 0.312 e. The fraction of sp³-hybridized carbons (Fsp3) is 0.550. The van der Waals surface area contributed by atoms with Crippen LogP contribution < -0.4 is 10.2 Å². The van der Waals surface area contributed by atoms with Gasteiger partial charge in [-0.2, -0.15) is 5.10 Å². The fourth-order valence-electron chi connectivity index (χ4n) is 4.10. The van der Waals surface area contributed by atoms with E-state index in [-0.39, 0.29) is 11.3 Å². The maximum atomic E-state index is 13.1. The zero-order valence-corrected chi connectivity index (χ0v) is 16.4. The highest BCUT2D eigenvalue weighted by Gasteiger charge is 2.39. The van der Waals surface area contributed by atoms with Gasteiger partial charge in [0.2, 0.25) is 5.91 Å². The SMILES string of the molecule is C[C@@H]1CN(CC(=O)N2CC(C)(C)c3cnc(Cn4cccn4)cc32)CCN1. The molecule has 0 radical (unpaired) electrons. The fourth-order valence-corrected chi connectivity index (χ4v) is 4.10. The molecule has 1 N–H and O–H groups in total. The number of carbonyl (C=O) groups is 1. The Bertz CT molecular complexity index is 816. The van der Waals surface area contributed by atoms with Crippen LogP contribution in [0.1, 0.15) is 32.0 Å². The number of pyridine rings is 1. The minimum atomic E-state index is -0.0844. The van der Waals surface area contributed by atoms with Crippen LogP contribution in [-0.4, -0.2) is 64.3 Å².